The van der Waals surface area contributed by atoms with Crippen LogP contribution in [0.1, 0.15) is 174 Å². The van der Waals surface area contributed by atoms with E-state index < -0.39 is 20.0 Å². The predicted molar refractivity (Wildman–Crippen MR) is 281 cm³/mol. The molecule has 0 rings (SSSR count). The molecule has 0 aromatic rings. The number of allylic oxidation sites excluding steroid dienone is 19. The van der Waals surface area contributed by atoms with Gasteiger partial charge in [-0.15, -0.1) is 0 Å². The number of nitrogens with zero attached hydrogens (tertiary/aromatic N) is 1. The van der Waals surface area contributed by atoms with E-state index in [1.165, 1.54) is 38.5 Å². The highest BCUT2D eigenvalue weighted by molar-refractivity contribution is 7.47. The molecule has 1 amide bonds. The molecule has 0 heterocycles. The number of hydrogen-bond donors (Lipinski definition) is 3. The highest BCUT2D eigenvalue weighted by Crippen LogP contribution is 2.43. The van der Waals surface area contributed by atoms with Crippen molar-refractivity contribution in [1.29, 1.82) is 0 Å². The molecular formula is C56H96N2O6P+. The third-order valence-electron chi connectivity index (χ3n) is 10.4. The molecule has 0 radical (unpaired) electrons. The quantitative estimate of drug-likeness (QED) is 0.0243. The second-order valence-corrected chi connectivity index (χ2v) is 19.3. The first-order valence-electron chi connectivity index (χ1n) is 25.4. The van der Waals surface area contributed by atoms with Gasteiger partial charge in [0.2, 0.25) is 5.91 Å². The zero-order chi connectivity index (χ0) is 47.8. The van der Waals surface area contributed by atoms with Crippen LogP contribution in [0.15, 0.2) is 122 Å². The van der Waals surface area contributed by atoms with Crippen LogP contribution in [-0.2, 0) is 18.4 Å². The van der Waals surface area contributed by atoms with Crippen LogP contribution >= 0.6 is 7.82 Å². The molecule has 0 aliphatic rings. The topological polar surface area (TPSA) is 105 Å². The highest BCUT2D eigenvalue weighted by Gasteiger charge is 2.27. The van der Waals surface area contributed by atoms with Crippen molar-refractivity contribution in [2.45, 2.75) is 187 Å². The van der Waals surface area contributed by atoms with E-state index >= 15 is 0 Å². The summed E-state index contributed by atoms with van der Waals surface area (Å²) in [6.07, 6.45) is 68.6. The molecule has 0 aliphatic heterocycles. The maximum Gasteiger partial charge on any atom is 0.472 e. The lowest BCUT2D eigenvalue weighted by molar-refractivity contribution is -0.870. The fourth-order valence-corrected chi connectivity index (χ4v) is 7.18. The molecule has 0 aromatic heterocycles. The van der Waals surface area contributed by atoms with Crippen LogP contribution in [0.5, 0.6) is 0 Å². The van der Waals surface area contributed by atoms with Gasteiger partial charge in [0.25, 0.3) is 0 Å². The lowest BCUT2D eigenvalue weighted by atomic mass is 10.1. The Morgan fingerprint density at radius 2 is 0.923 bits per heavy atom. The van der Waals surface area contributed by atoms with Crippen LogP contribution in [0.2, 0.25) is 0 Å². The molecule has 3 atom stereocenters. The maximum absolute atomic E-state index is 12.9. The van der Waals surface area contributed by atoms with Gasteiger partial charge >= 0.3 is 7.82 Å². The third kappa shape index (κ3) is 48.6. The first-order valence-corrected chi connectivity index (χ1v) is 26.9. The van der Waals surface area contributed by atoms with Crippen LogP contribution in [-0.4, -0.2) is 73.4 Å². The molecule has 370 valence electrons. The second kappa shape index (κ2) is 46.0. The fraction of sp³-hybridized carbons (Fsp3) is 0.625. The van der Waals surface area contributed by atoms with E-state index in [0.29, 0.717) is 17.4 Å². The van der Waals surface area contributed by atoms with E-state index in [2.05, 4.69) is 129 Å². The Morgan fingerprint density at radius 3 is 1.35 bits per heavy atom. The smallest absolute Gasteiger partial charge is 0.387 e. The number of nitrogens with one attached hydrogen (secondary N) is 1. The molecule has 0 aliphatic carbocycles. The van der Waals surface area contributed by atoms with E-state index in [0.717, 1.165) is 116 Å². The van der Waals surface area contributed by atoms with Crippen molar-refractivity contribution in [3.8, 4) is 0 Å². The lowest BCUT2D eigenvalue weighted by Gasteiger charge is -2.25. The zero-order valence-electron chi connectivity index (χ0n) is 41.9. The van der Waals surface area contributed by atoms with E-state index in [4.69, 9.17) is 9.05 Å². The van der Waals surface area contributed by atoms with E-state index in [9.17, 15) is 19.4 Å². The molecule has 0 bridgehead atoms. The summed E-state index contributed by atoms with van der Waals surface area (Å²) in [5, 5.41) is 13.8. The number of carbonyl (C=O) groups excluding carboxylic acids is 1. The number of aliphatic hydroxyl groups excluding tert-OH is 1. The Labute approximate surface area is 399 Å². The molecular weight excluding hydrogens is 828 g/mol. The number of rotatable bonds is 44. The van der Waals surface area contributed by atoms with Gasteiger partial charge < -0.3 is 19.8 Å². The molecule has 3 unspecified atom stereocenters. The van der Waals surface area contributed by atoms with Gasteiger partial charge in [0, 0.05) is 6.42 Å². The van der Waals surface area contributed by atoms with Crippen LogP contribution < -0.4 is 5.32 Å². The Hall–Kier alpha value is -3.10. The second-order valence-electron chi connectivity index (χ2n) is 17.8. The van der Waals surface area contributed by atoms with Crippen molar-refractivity contribution in [2.24, 2.45) is 0 Å². The Kier molecular flexibility index (Phi) is 43.8. The first kappa shape index (κ1) is 61.9. The minimum Gasteiger partial charge on any atom is -0.387 e. The number of amides is 1. The van der Waals surface area contributed by atoms with Gasteiger partial charge in [-0.2, -0.15) is 0 Å². The number of phosphoric ester groups is 1. The Balaban J connectivity index is 4.23. The Bertz CT molecular complexity index is 1460. The molecule has 0 saturated heterocycles. The van der Waals surface area contributed by atoms with Gasteiger partial charge in [-0.1, -0.05) is 200 Å². The van der Waals surface area contributed by atoms with Crippen LogP contribution in [0.4, 0.5) is 0 Å². The van der Waals surface area contributed by atoms with Gasteiger partial charge in [-0.3, -0.25) is 13.8 Å². The van der Waals surface area contributed by atoms with Crippen molar-refractivity contribution >= 4 is 13.7 Å². The van der Waals surface area contributed by atoms with E-state index in [1.54, 1.807) is 6.08 Å². The molecule has 9 heteroatoms. The average Bonchev–Trinajstić information content (AvgIpc) is 3.26. The number of hydrogen-bond acceptors (Lipinski definition) is 5. The van der Waals surface area contributed by atoms with Crippen molar-refractivity contribution in [3.05, 3.63) is 122 Å². The summed E-state index contributed by atoms with van der Waals surface area (Å²) in [6, 6.07) is -0.864. The predicted octanol–water partition coefficient (Wildman–Crippen LogP) is 15.0. The van der Waals surface area contributed by atoms with E-state index in [1.807, 2.05) is 27.2 Å². The van der Waals surface area contributed by atoms with Gasteiger partial charge in [-0.05, 0) is 89.9 Å². The lowest BCUT2D eigenvalue weighted by Crippen LogP contribution is -2.45. The standard InChI is InChI=1S/C56H95N2O6P/c1-6-8-10-12-14-16-18-19-20-21-22-23-24-25-26-27-28-29-30-31-32-33-34-35-36-37-38-39-40-42-44-46-48-50-56(60)57-54(53-64-65(61,62)63-52-51-58(3,4)5)55(59)49-47-45-43-41-17-15-13-11-9-7-2/h8,10,14,16,19-20,22-23,25-26,28-29,31-32,34-35,37-38,47,49,54-55,59H,6-7,9,11-13,15,17-18,21,24,27,30,33,36,39-46,48,50-53H2,1-5H3,(H-,57,60,61,62)/p+1/b10-8-,16-14-,20-19-,23-22-,26-25-,29-28-,32-31-,35-34-,38-37-,49-47+. The number of quaternary nitrogens is 1. The van der Waals surface area contributed by atoms with Gasteiger partial charge in [0.05, 0.1) is 39.9 Å². The maximum atomic E-state index is 12.9. The van der Waals surface area contributed by atoms with E-state index in [-0.39, 0.29) is 19.1 Å². The largest absolute Gasteiger partial charge is 0.472 e. The normalized spacial score (nSPS) is 15.1. The summed E-state index contributed by atoms with van der Waals surface area (Å²) < 4.78 is 23.5. The summed E-state index contributed by atoms with van der Waals surface area (Å²) in [5.74, 6) is -0.204. The molecule has 0 aromatic carbocycles. The minimum atomic E-state index is -4.35. The van der Waals surface area contributed by atoms with Crippen LogP contribution in [0, 0.1) is 0 Å². The first-order chi connectivity index (χ1) is 31.5. The molecule has 0 fully saturated rings. The fourth-order valence-electron chi connectivity index (χ4n) is 6.44. The zero-order valence-corrected chi connectivity index (χ0v) is 42.8. The molecule has 0 saturated carbocycles. The molecule has 0 spiro atoms. The average molecular weight is 924 g/mol. The number of carbonyl (C=O) groups is 1. The summed E-state index contributed by atoms with van der Waals surface area (Å²) >= 11 is 0. The SMILES string of the molecule is CC/C=C\C/C=C\C/C=C\C/C=C\C/C=C\C/C=C\C/C=C\C/C=C\C/C=C\CCCCCCCC(=O)NC(COP(=O)(O)OCC[N+](C)(C)C)C(O)/C=C/CCCCCCCCCC. The van der Waals surface area contributed by atoms with Gasteiger partial charge in [0.15, 0.2) is 0 Å². The Morgan fingerprint density at radius 1 is 0.538 bits per heavy atom. The minimum absolute atomic E-state index is 0.0503. The van der Waals surface area contributed by atoms with Crippen LogP contribution in [0.25, 0.3) is 0 Å². The number of unbranched alkanes of at least 4 members (excludes halogenated alkanes) is 13. The summed E-state index contributed by atoms with van der Waals surface area (Å²) in [6.45, 7) is 4.63. The number of likely N-dealkylation sites (N-methyl/N-ethyl adjacent to an activating group) is 1. The molecule has 65 heavy (non-hydrogen) atoms. The van der Waals surface area contributed by atoms with Crippen molar-refractivity contribution < 1.29 is 32.9 Å². The van der Waals surface area contributed by atoms with Gasteiger partial charge in [-0.25, -0.2) is 4.57 Å². The van der Waals surface area contributed by atoms with Crippen molar-refractivity contribution in [1.82, 2.24) is 5.32 Å². The molecule has 3 N–H and O–H groups in total. The number of aliphatic hydroxyl groups is 1. The van der Waals surface area contributed by atoms with Crippen LogP contribution in [0.3, 0.4) is 0 Å². The summed E-state index contributed by atoms with van der Waals surface area (Å²) in [7, 11) is 1.53. The number of phosphoric acid groups is 1. The third-order valence-corrected chi connectivity index (χ3v) is 11.4. The monoisotopic (exact) mass is 924 g/mol. The van der Waals surface area contributed by atoms with Crippen molar-refractivity contribution in [2.75, 3.05) is 40.9 Å². The highest BCUT2D eigenvalue weighted by atomic mass is 31.2. The summed E-state index contributed by atoms with van der Waals surface area (Å²) in [5.41, 5.74) is 0. The summed E-state index contributed by atoms with van der Waals surface area (Å²) in [4.78, 5) is 23.1. The molecule has 8 nitrogen and oxygen atoms in total. The van der Waals surface area contributed by atoms with Gasteiger partial charge in [0.1, 0.15) is 13.2 Å². The van der Waals surface area contributed by atoms with Crippen molar-refractivity contribution in [3.63, 3.8) is 0 Å².